The number of pyridine rings is 2. The van der Waals surface area contributed by atoms with E-state index in [1.165, 1.54) is 18.4 Å². The Kier molecular flexibility index (Phi) is 4.92. The Morgan fingerprint density at radius 1 is 0.971 bits per heavy atom. The first-order valence-corrected chi connectivity index (χ1v) is 12.5. The van der Waals surface area contributed by atoms with Crippen molar-refractivity contribution in [3.8, 4) is 22.6 Å². The Morgan fingerprint density at radius 3 is 2.66 bits per heavy atom. The van der Waals surface area contributed by atoms with Crippen LogP contribution in [0.25, 0.3) is 44.6 Å². The van der Waals surface area contributed by atoms with Crippen LogP contribution in [0.4, 0.5) is 5.82 Å². The second kappa shape index (κ2) is 8.29. The van der Waals surface area contributed by atoms with Crippen LogP contribution in [0.1, 0.15) is 24.3 Å². The van der Waals surface area contributed by atoms with Crippen molar-refractivity contribution in [1.29, 1.82) is 0 Å². The molecule has 5 aromatic rings. The third-order valence-corrected chi connectivity index (χ3v) is 7.32. The standard InChI is InChI=1S/C27H24ClN7/c28-21-4-2-1-3-18(21)22-13-19-17(7-8-31-25(19)32-22)26-33-23-15-30-14-20(16-5-6-16)24(23)27(34-26)35-11-9-29-10-12-35/h1-4,7-8,13-16,29H,5-6,9-12H2,(H,31,32). The van der Waals surface area contributed by atoms with Crippen LogP contribution in [0.3, 0.4) is 0 Å². The molecule has 7 nitrogen and oxygen atoms in total. The Labute approximate surface area is 207 Å². The molecule has 4 aromatic heterocycles. The van der Waals surface area contributed by atoms with Gasteiger partial charge in [0.05, 0.1) is 11.7 Å². The number of fused-ring (bicyclic) bond motifs is 2. The number of hydrogen-bond donors (Lipinski definition) is 2. The molecular formula is C27H24ClN7. The van der Waals surface area contributed by atoms with Crippen LogP contribution in [0.2, 0.25) is 5.02 Å². The molecule has 1 aromatic carbocycles. The van der Waals surface area contributed by atoms with Gasteiger partial charge in [-0.3, -0.25) is 4.98 Å². The molecule has 1 saturated heterocycles. The van der Waals surface area contributed by atoms with E-state index in [-0.39, 0.29) is 0 Å². The fraction of sp³-hybridized carbons (Fsp3) is 0.259. The van der Waals surface area contributed by atoms with E-state index in [9.17, 15) is 0 Å². The summed E-state index contributed by atoms with van der Waals surface area (Å²) in [6, 6.07) is 11.9. The van der Waals surface area contributed by atoms with Crippen molar-refractivity contribution < 1.29 is 0 Å². The molecule has 2 N–H and O–H groups in total. The molecule has 2 fully saturated rings. The number of piperazine rings is 1. The lowest BCUT2D eigenvalue weighted by atomic mass is 10.1. The summed E-state index contributed by atoms with van der Waals surface area (Å²) in [6.45, 7) is 3.74. The Morgan fingerprint density at radius 2 is 1.83 bits per heavy atom. The van der Waals surface area contributed by atoms with Crippen molar-refractivity contribution in [1.82, 2.24) is 30.2 Å². The van der Waals surface area contributed by atoms with Crippen molar-refractivity contribution in [2.45, 2.75) is 18.8 Å². The van der Waals surface area contributed by atoms with Gasteiger partial charge in [-0.1, -0.05) is 29.8 Å². The van der Waals surface area contributed by atoms with Gasteiger partial charge in [-0.2, -0.15) is 0 Å². The van der Waals surface area contributed by atoms with Gasteiger partial charge in [0.1, 0.15) is 11.5 Å². The summed E-state index contributed by atoms with van der Waals surface area (Å²) >= 11 is 6.48. The first kappa shape index (κ1) is 20.8. The van der Waals surface area contributed by atoms with Crippen LogP contribution in [0.5, 0.6) is 0 Å². The predicted octanol–water partition coefficient (Wildman–Crippen LogP) is 5.18. The Balaban J connectivity index is 1.44. The molecule has 5 heterocycles. The number of nitrogens with zero attached hydrogens (tertiary/aromatic N) is 5. The maximum absolute atomic E-state index is 6.48. The van der Waals surface area contributed by atoms with Crippen molar-refractivity contribution >= 4 is 39.4 Å². The minimum Gasteiger partial charge on any atom is -0.353 e. The minimum absolute atomic E-state index is 0.567. The second-order valence-corrected chi connectivity index (χ2v) is 9.70. The van der Waals surface area contributed by atoms with Crippen molar-refractivity contribution in [3.05, 3.63) is 65.6 Å². The predicted molar refractivity (Wildman–Crippen MR) is 140 cm³/mol. The molecule has 0 radical (unpaired) electrons. The lowest BCUT2D eigenvalue weighted by Gasteiger charge is -2.30. The lowest BCUT2D eigenvalue weighted by Crippen LogP contribution is -2.44. The highest BCUT2D eigenvalue weighted by atomic mass is 35.5. The van der Waals surface area contributed by atoms with E-state index in [2.05, 4.69) is 31.2 Å². The number of hydrogen-bond acceptors (Lipinski definition) is 6. The summed E-state index contributed by atoms with van der Waals surface area (Å²) in [5, 5.41) is 6.28. The van der Waals surface area contributed by atoms with Gasteiger partial charge >= 0.3 is 0 Å². The number of anilines is 1. The smallest absolute Gasteiger partial charge is 0.163 e. The molecule has 1 aliphatic heterocycles. The zero-order valence-corrected chi connectivity index (χ0v) is 19.9. The third-order valence-electron chi connectivity index (χ3n) is 6.99. The number of benzene rings is 1. The average Bonchev–Trinajstić information content (AvgIpc) is 3.66. The van der Waals surface area contributed by atoms with E-state index in [4.69, 9.17) is 21.6 Å². The highest BCUT2D eigenvalue weighted by molar-refractivity contribution is 6.33. The fourth-order valence-corrected chi connectivity index (χ4v) is 5.30. The monoisotopic (exact) mass is 481 g/mol. The molecule has 7 rings (SSSR count). The summed E-state index contributed by atoms with van der Waals surface area (Å²) in [4.78, 5) is 25.2. The van der Waals surface area contributed by atoms with E-state index in [0.29, 0.717) is 16.8 Å². The Bertz CT molecular complexity index is 1570. The van der Waals surface area contributed by atoms with Gasteiger partial charge in [-0.05, 0) is 42.5 Å². The molecule has 8 heteroatoms. The summed E-state index contributed by atoms with van der Waals surface area (Å²) in [6.07, 6.45) is 8.12. The van der Waals surface area contributed by atoms with E-state index in [1.807, 2.05) is 48.9 Å². The lowest BCUT2D eigenvalue weighted by molar-refractivity contribution is 0.586. The van der Waals surface area contributed by atoms with E-state index in [0.717, 1.165) is 70.8 Å². The van der Waals surface area contributed by atoms with E-state index >= 15 is 0 Å². The summed E-state index contributed by atoms with van der Waals surface area (Å²) in [5.74, 6) is 2.28. The second-order valence-electron chi connectivity index (χ2n) is 9.29. The molecule has 1 saturated carbocycles. The zero-order chi connectivity index (χ0) is 23.4. The molecule has 0 amide bonds. The number of nitrogens with one attached hydrogen (secondary N) is 2. The number of H-pyrrole nitrogens is 1. The molecule has 2 aliphatic rings. The molecule has 0 atom stereocenters. The average molecular weight is 482 g/mol. The van der Waals surface area contributed by atoms with Crippen LogP contribution < -0.4 is 10.2 Å². The van der Waals surface area contributed by atoms with Gasteiger partial charge in [-0.15, -0.1) is 0 Å². The fourth-order valence-electron chi connectivity index (χ4n) is 5.07. The van der Waals surface area contributed by atoms with E-state index in [1.54, 1.807) is 0 Å². The summed E-state index contributed by atoms with van der Waals surface area (Å²) < 4.78 is 0. The van der Waals surface area contributed by atoms with Gasteiger partial charge in [-0.25, -0.2) is 15.0 Å². The van der Waals surface area contributed by atoms with Crippen LogP contribution in [-0.2, 0) is 0 Å². The van der Waals surface area contributed by atoms with Gasteiger partial charge in [0.2, 0.25) is 0 Å². The van der Waals surface area contributed by atoms with Crippen molar-refractivity contribution in [2.24, 2.45) is 0 Å². The first-order chi connectivity index (χ1) is 17.3. The highest BCUT2D eigenvalue weighted by Gasteiger charge is 2.29. The quantitative estimate of drug-likeness (QED) is 0.368. The number of halogens is 1. The van der Waals surface area contributed by atoms with Crippen LogP contribution in [0.15, 0.2) is 55.0 Å². The molecule has 0 bridgehead atoms. The minimum atomic E-state index is 0.567. The van der Waals surface area contributed by atoms with E-state index < -0.39 is 0 Å². The van der Waals surface area contributed by atoms with Gasteiger partial charge < -0.3 is 15.2 Å². The molecule has 174 valence electrons. The summed E-state index contributed by atoms with van der Waals surface area (Å²) in [5.41, 5.74) is 5.78. The first-order valence-electron chi connectivity index (χ1n) is 12.1. The molecular weight excluding hydrogens is 458 g/mol. The largest absolute Gasteiger partial charge is 0.353 e. The van der Waals surface area contributed by atoms with Crippen molar-refractivity contribution in [2.75, 3.05) is 31.1 Å². The van der Waals surface area contributed by atoms with Gasteiger partial charge in [0, 0.05) is 71.2 Å². The van der Waals surface area contributed by atoms with Crippen LogP contribution in [-0.4, -0.2) is 51.1 Å². The Hall–Kier alpha value is -3.55. The maximum atomic E-state index is 6.48. The number of rotatable bonds is 4. The van der Waals surface area contributed by atoms with Crippen molar-refractivity contribution in [3.63, 3.8) is 0 Å². The van der Waals surface area contributed by atoms with Crippen LogP contribution in [0, 0.1) is 0 Å². The van der Waals surface area contributed by atoms with Crippen LogP contribution >= 0.6 is 11.6 Å². The normalized spacial score (nSPS) is 16.3. The highest BCUT2D eigenvalue weighted by Crippen LogP contribution is 2.45. The summed E-state index contributed by atoms with van der Waals surface area (Å²) in [7, 11) is 0. The van der Waals surface area contributed by atoms with Gasteiger partial charge in [0.15, 0.2) is 5.82 Å². The maximum Gasteiger partial charge on any atom is 0.163 e. The SMILES string of the molecule is Clc1ccccc1-c1cc2c(-c3nc(N4CCNCC4)c4c(C5CC5)cncc4n3)ccnc2[nH]1. The molecule has 0 unspecified atom stereocenters. The topological polar surface area (TPSA) is 82.6 Å². The molecule has 35 heavy (non-hydrogen) atoms. The number of aromatic nitrogens is 5. The van der Waals surface area contributed by atoms with Gasteiger partial charge in [0.25, 0.3) is 0 Å². The number of aromatic amines is 1. The molecule has 0 spiro atoms. The zero-order valence-electron chi connectivity index (χ0n) is 19.1. The third kappa shape index (κ3) is 3.63. The molecule has 1 aliphatic carbocycles.